The Bertz CT molecular complexity index is 991. The van der Waals surface area contributed by atoms with Gasteiger partial charge in [-0.05, 0) is 23.3 Å². The predicted molar refractivity (Wildman–Crippen MR) is 112 cm³/mol. The summed E-state index contributed by atoms with van der Waals surface area (Å²) in [5.41, 5.74) is 4.60. The van der Waals surface area contributed by atoms with Gasteiger partial charge in [-0.25, -0.2) is 5.43 Å². The molecule has 0 spiro atoms. The van der Waals surface area contributed by atoms with Gasteiger partial charge < -0.3 is 10.2 Å². The minimum Gasteiger partial charge on any atom is -0.350 e. The number of benzene rings is 2. The monoisotopic (exact) mass is 392 g/mol. The van der Waals surface area contributed by atoms with Crippen LogP contribution in [-0.4, -0.2) is 40.2 Å². The van der Waals surface area contributed by atoms with Gasteiger partial charge in [-0.15, -0.1) is 0 Å². The van der Waals surface area contributed by atoms with Crippen LogP contribution >= 0.6 is 0 Å². The van der Waals surface area contributed by atoms with Crippen molar-refractivity contribution in [2.45, 2.75) is 6.54 Å². The molecule has 0 fully saturated rings. The standard InChI is InChI=1S/C19H20N8O2/c1-26(2)19-23-17(20-12-14-6-4-3-5-7-14)22-18(24-19)25-21-13-15-8-10-16(11-9-15)27(28)29/h3-11,13H,12H2,1-2H3,(H2,20,22,23,24,25). The molecular formula is C19H20N8O2. The average molecular weight is 392 g/mol. The first-order valence-corrected chi connectivity index (χ1v) is 8.76. The van der Waals surface area contributed by atoms with Gasteiger partial charge in [0.05, 0.1) is 11.1 Å². The third-order valence-corrected chi connectivity index (χ3v) is 3.80. The van der Waals surface area contributed by atoms with Gasteiger partial charge in [0.15, 0.2) is 0 Å². The van der Waals surface area contributed by atoms with E-state index in [1.807, 2.05) is 44.4 Å². The summed E-state index contributed by atoms with van der Waals surface area (Å²) in [5, 5.41) is 18.0. The second kappa shape index (κ2) is 9.22. The predicted octanol–water partition coefficient (Wildman–Crippen LogP) is 2.90. The zero-order valence-electron chi connectivity index (χ0n) is 16.0. The Balaban J connectivity index is 1.70. The minimum absolute atomic E-state index is 0.0253. The number of nitro groups is 1. The fourth-order valence-electron chi connectivity index (χ4n) is 2.32. The number of nitrogens with zero attached hydrogens (tertiary/aromatic N) is 6. The Morgan fingerprint density at radius 1 is 1.03 bits per heavy atom. The quantitative estimate of drug-likeness (QED) is 0.341. The van der Waals surface area contributed by atoms with E-state index in [1.165, 1.54) is 18.3 Å². The summed E-state index contributed by atoms with van der Waals surface area (Å²) in [7, 11) is 3.67. The van der Waals surface area contributed by atoms with Crippen LogP contribution in [0.25, 0.3) is 0 Å². The number of aromatic nitrogens is 3. The van der Waals surface area contributed by atoms with Crippen LogP contribution in [0.3, 0.4) is 0 Å². The fourth-order valence-corrected chi connectivity index (χ4v) is 2.32. The van der Waals surface area contributed by atoms with Crippen LogP contribution in [0.15, 0.2) is 59.7 Å². The topological polar surface area (TPSA) is 121 Å². The molecule has 10 heteroatoms. The first-order chi connectivity index (χ1) is 14.0. The molecule has 0 saturated heterocycles. The van der Waals surface area contributed by atoms with Gasteiger partial charge in [-0.3, -0.25) is 10.1 Å². The number of nitrogens with one attached hydrogen (secondary N) is 2. The number of hydrogen-bond donors (Lipinski definition) is 2. The van der Waals surface area contributed by atoms with E-state index in [0.717, 1.165) is 5.56 Å². The summed E-state index contributed by atoms with van der Waals surface area (Å²) in [6.45, 7) is 0.573. The molecule has 3 rings (SSSR count). The lowest BCUT2D eigenvalue weighted by Gasteiger charge is -2.13. The van der Waals surface area contributed by atoms with E-state index < -0.39 is 4.92 Å². The summed E-state index contributed by atoms with van der Waals surface area (Å²) < 4.78 is 0. The molecule has 0 radical (unpaired) electrons. The third-order valence-electron chi connectivity index (χ3n) is 3.80. The summed E-state index contributed by atoms with van der Waals surface area (Å²) in [5.74, 6) is 1.17. The maximum atomic E-state index is 10.7. The summed E-state index contributed by atoms with van der Waals surface area (Å²) in [4.78, 5) is 25.0. The van der Waals surface area contributed by atoms with Crippen molar-refractivity contribution in [1.82, 2.24) is 15.0 Å². The lowest BCUT2D eigenvalue weighted by Crippen LogP contribution is -2.16. The van der Waals surface area contributed by atoms with Crippen LogP contribution in [0.1, 0.15) is 11.1 Å². The molecule has 2 N–H and O–H groups in total. The highest BCUT2D eigenvalue weighted by atomic mass is 16.6. The molecule has 29 heavy (non-hydrogen) atoms. The molecule has 0 atom stereocenters. The third kappa shape index (κ3) is 5.70. The Hall–Kier alpha value is -4.08. The van der Waals surface area contributed by atoms with E-state index in [2.05, 4.69) is 30.8 Å². The Kier molecular flexibility index (Phi) is 6.25. The van der Waals surface area contributed by atoms with Crippen molar-refractivity contribution in [3.8, 4) is 0 Å². The number of hydrazone groups is 1. The highest BCUT2D eigenvalue weighted by Gasteiger charge is 2.08. The molecular weight excluding hydrogens is 372 g/mol. The molecule has 2 aromatic carbocycles. The number of non-ortho nitro benzene ring substituents is 1. The molecule has 1 aromatic heterocycles. The van der Waals surface area contributed by atoms with E-state index in [1.54, 1.807) is 17.0 Å². The van der Waals surface area contributed by atoms with E-state index in [-0.39, 0.29) is 11.6 Å². The Morgan fingerprint density at radius 2 is 1.72 bits per heavy atom. The molecule has 1 heterocycles. The van der Waals surface area contributed by atoms with Gasteiger partial charge in [-0.2, -0.15) is 20.1 Å². The van der Waals surface area contributed by atoms with Gasteiger partial charge in [0.25, 0.3) is 5.69 Å². The molecule has 0 unspecified atom stereocenters. The van der Waals surface area contributed by atoms with Gasteiger partial charge in [-0.1, -0.05) is 30.3 Å². The van der Waals surface area contributed by atoms with Gasteiger partial charge in [0, 0.05) is 32.8 Å². The van der Waals surface area contributed by atoms with Crippen molar-refractivity contribution < 1.29 is 4.92 Å². The number of anilines is 3. The smallest absolute Gasteiger partial charge is 0.269 e. The van der Waals surface area contributed by atoms with Crippen molar-refractivity contribution in [1.29, 1.82) is 0 Å². The van der Waals surface area contributed by atoms with Crippen molar-refractivity contribution in [3.05, 3.63) is 75.8 Å². The molecule has 0 amide bonds. The first-order valence-electron chi connectivity index (χ1n) is 8.76. The van der Waals surface area contributed by atoms with E-state index in [9.17, 15) is 10.1 Å². The van der Waals surface area contributed by atoms with Gasteiger partial charge in [0.2, 0.25) is 17.8 Å². The summed E-state index contributed by atoms with van der Waals surface area (Å²) in [6.07, 6.45) is 1.53. The van der Waals surface area contributed by atoms with Crippen molar-refractivity contribution in [2.75, 3.05) is 29.7 Å². The molecule has 0 aliphatic carbocycles. The fraction of sp³-hybridized carbons (Fsp3) is 0.158. The average Bonchev–Trinajstić information content (AvgIpc) is 2.73. The lowest BCUT2D eigenvalue weighted by atomic mass is 10.2. The van der Waals surface area contributed by atoms with Gasteiger partial charge in [0.1, 0.15) is 0 Å². The lowest BCUT2D eigenvalue weighted by molar-refractivity contribution is -0.384. The summed E-state index contributed by atoms with van der Waals surface area (Å²) in [6, 6.07) is 16.0. The molecule has 0 bridgehead atoms. The molecule has 3 aromatic rings. The van der Waals surface area contributed by atoms with Crippen molar-refractivity contribution in [3.63, 3.8) is 0 Å². The Labute approximate surface area is 167 Å². The zero-order valence-corrected chi connectivity index (χ0v) is 16.0. The maximum Gasteiger partial charge on any atom is 0.269 e. The van der Waals surface area contributed by atoms with Crippen LogP contribution in [0.4, 0.5) is 23.5 Å². The van der Waals surface area contributed by atoms with Crippen LogP contribution < -0.4 is 15.6 Å². The number of hydrogen-bond acceptors (Lipinski definition) is 9. The van der Waals surface area contributed by atoms with Gasteiger partial charge >= 0.3 is 0 Å². The van der Waals surface area contributed by atoms with Crippen molar-refractivity contribution in [2.24, 2.45) is 5.10 Å². The van der Waals surface area contributed by atoms with Crippen LogP contribution in [0.2, 0.25) is 0 Å². The highest BCUT2D eigenvalue weighted by molar-refractivity contribution is 5.80. The second-order valence-electron chi connectivity index (χ2n) is 6.23. The van der Waals surface area contributed by atoms with E-state index in [4.69, 9.17) is 0 Å². The zero-order chi connectivity index (χ0) is 20.6. The van der Waals surface area contributed by atoms with Crippen LogP contribution in [0.5, 0.6) is 0 Å². The van der Waals surface area contributed by atoms with E-state index in [0.29, 0.717) is 24.0 Å². The molecule has 148 valence electrons. The SMILES string of the molecule is CN(C)c1nc(NCc2ccccc2)nc(NN=Cc2ccc([N+](=O)[O-])cc2)n1. The van der Waals surface area contributed by atoms with Crippen LogP contribution in [0, 0.1) is 10.1 Å². The molecule has 0 aliphatic rings. The highest BCUT2D eigenvalue weighted by Crippen LogP contribution is 2.13. The van der Waals surface area contributed by atoms with E-state index >= 15 is 0 Å². The summed E-state index contributed by atoms with van der Waals surface area (Å²) >= 11 is 0. The largest absolute Gasteiger partial charge is 0.350 e. The second-order valence-corrected chi connectivity index (χ2v) is 6.23. The molecule has 0 aliphatic heterocycles. The normalized spacial score (nSPS) is 10.7. The minimum atomic E-state index is -0.448. The molecule has 10 nitrogen and oxygen atoms in total. The first kappa shape index (κ1) is 19.7. The number of nitro benzene ring substituents is 1. The number of rotatable bonds is 8. The van der Waals surface area contributed by atoms with Crippen LogP contribution in [-0.2, 0) is 6.54 Å². The molecule has 0 saturated carbocycles. The van der Waals surface area contributed by atoms with Crippen molar-refractivity contribution >= 4 is 29.7 Å². The Morgan fingerprint density at radius 3 is 2.38 bits per heavy atom. The maximum absolute atomic E-state index is 10.7.